The van der Waals surface area contributed by atoms with Gasteiger partial charge in [-0.2, -0.15) is 18.3 Å². The van der Waals surface area contributed by atoms with Gasteiger partial charge in [0, 0.05) is 18.8 Å². The molecule has 21 heavy (non-hydrogen) atoms. The van der Waals surface area contributed by atoms with Gasteiger partial charge in [-0.3, -0.25) is 0 Å². The number of aromatic nitrogens is 2. The van der Waals surface area contributed by atoms with Crippen molar-refractivity contribution in [2.45, 2.75) is 38.5 Å². The predicted molar refractivity (Wildman–Crippen MR) is 73.2 cm³/mol. The lowest BCUT2D eigenvalue weighted by molar-refractivity contribution is -0.137. The summed E-state index contributed by atoms with van der Waals surface area (Å²) < 4.78 is 39.3. The molecular formula is C15H16F3N3. The molecule has 1 saturated carbocycles. The Morgan fingerprint density at radius 1 is 1.33 bits per heavy atom. The van der Waals surface area contributed by atoms with Crippen LogP contribution in [0.5, 0.6) is 0 Å². The lowest BCUT2D eigenvalue weighted by Gasteiger charge is -2.11. The monoisotopic (exact) mass is 295 g/mol. The van der Waals surface area contributed by atoms with E-state index in [1.54, 1.807) is 0 Å². The molecule has 0 spiro atoms. The van der Waals surface area contributed by atoms with Crippen LogP contribution in [0.1, 0.15) is 29.5 Å². The maximum atomic E-state index is 12.7. The van der Waals surface area contributed by atoms with Gasteiger partial charge in [0.1, 0.15) is 0 Å². The van der Waals surface area contributed by atoms with Crippen LogP contribution in [0.15, 0.2) is 30.6 Å². The number of rotatable bonds is 4. The van der Waals surface area contributed by atoms with Crippen molar-refractivity contribution in [1.29, 1.82) is 0 Å². The second kappa shape index (κ2) is 5.18. The van der Waals surface area contributed by atoms with E-state index in [9.17, 15) is 13.2 Å². The topological polar surface area (TPSA) is 29.9 Å². The van der Waals surface area contributed by atoms with Gasteiger partial charge in [0.25, 0.3) is 0 Å². The molecule has 0 unspecified atom stereocenters. The van der Waals surface area contributed by atoms with Crippen LogP contribution in [0.4, 0.5) is 13.2 Å². The molecule has 3 rings (SSSR count). The molecule has 6 heteroatoms. The van der Waals surface area contributed by atoms with Crippen LogP contribution in [0.25, 0.3) is 5.69 Å². The molecule has 1 aromatic carbocycles. The molecule has 0 saturated heterocycles. The maximum Gasteiger partial charge on any atom is 0.419 e. The van der Waals surface area contributed by atoms with E-state index in [-0.39, 0.29) is 0 Å². The van der Waals surface area contributed by atoms with Gasteiger partial charge in [0.15, 0.2) is 0 Å². The summed E-state index contributed by atoms with van der Waals surface area (Å²) in [5.41, 5.74) is 1.99. The standard InChI is InChI=1S/C15H16F3N3/c1-10-2-5-14(11(6-10)7-19-13-3-4-13)21-9-12(8-20-21)15(16,17)18/h2,5-6,8-9,13,19H,3-4,7H2,1H3. The molecule has 0 aliphatic heterocycles. The highest BCUT2D eigenvalue weighted by Gasteiger charge is 2.32. The van der Waals surface area contributed by atoms with Gasteiger partial charge in [-0.05, 0) is 31.4 Å². The van der Waals surface area contributed by atoms with Crippen LogP contribution >= 0.6 is 0 Å². The van der Waals surface area contributed by atoms with Gasteiger partial charge < -0.3 is 5.32 Å². The van der Waals surface area contributed by atoms with E-state index >= 15 is 0 Å². The number of alkyl halides is 3. The van der Waals surface area contributed by atoms with E-state index in [0.29, 0.717) is 18.3 Å². The van der Waals surface area contributed by atoms with Crippen LogP contribution in [-0.2, 0) is 12.7 Å². The van der Waals surface area contributed by atoms with Crippen molar-refractivity contribution < 1.29 is 13.2 Å². The third-order valence-corrected chi connectivity index (χ3v) is 3.55. The Hall–Kier alpha value is -1.82. The first-order valence-corrected chi connectivity index (χ1v) is 6.88. The van der Waals surface area contributed by atoms with Crippen LogP contribution < -0.4 is 5.32 Å². The van der Waals surface area contributed by atoms with Crippen molar-refractivity contribution in [3.63, 3.8) is 0 Å². The van der Waals surface area contributed by atoms with E-state index in [1.165, 1.54) is 17.5 Å². The fourth-order valence-corrected chi connectivity index (χ4v) is 2.22. The van der Waals surface area contributed by atoms with Gasteiger partial charge in [-0.25, -0.2) is 4.68 Å². The summed E-state index contributed by atoms with van der Waals surface area (Å²) in [6.45, 7) is 2.61. The zero-order valence-corrected chi connectivity index (χ0v) is 11.6. The molecule has 0 amide bonds. The summed E-state index contributed by atoms with van der Waals surface area (Å²) in [7, 11) is 0. The summed E-state index contributed by atoms with van der Waals surface area (Å²) >= 11 is 0. The van der Waals surface area contributed by atoms with Crippen molar-refractivity contribution in [1.82, 2.24) is 15.1 Å². The van der Waals surface area contributed by atoms with E-state index in [2.05, 4.69) is 10.4 Å². The Balaban J connectivity index is 1.90. The van der Waals surface area contributed by atoms with Gasteiger partial charge in [-0.15, -0.1) is 0 Å². The Labute approximate surface area is 120 Å². The number of benzene rings is 1. The van der Waals surface area contributed by atoms with E-state index in [4.69, 9.17) is 0 Å². The summed E-state index contributed by atoms with van der Waals surface area (Å²) in [6.07, 6.45) is -0.138. The summed E-state index contributed by atoms with van der Waals surface area (Å²) in [4.78, 5) is 0. The van der Waals surface area contributed by atoms with Crippen molar-refractivity contribution in [2.24, 2.45) is 0 Å². The molecule has 0 radical (unpaired) electrons. The van der Waals surface area contributed by atoms with Crippen LogP contribution in [0.2, 0.25) is 0 Å². The number of halogens is 3. The number of hydrogen-bond acceptors (Lipinski definition) is 2. The quantitative estimate of drug-likeness (QED) is 0.936. The molecule has 3 nitrogen and oxygen atoms in total. The summed E-state index contributed by atoms with van der Waals surface area (Å²) in [5, 5.41) is 7.24. The minimum Gasteiger partial charge on any atom is -0.310 e. The second-order valence-corrected chi connectivity index (χ2v) is 5.46. The Morgan fingerprint density at radius 3 is 2.71 bits per heavy atom. The molecule has 1 aliphatic rings. The zero-order chi connectivity index (χ0) is 15.0. The Bertz CT molecular complexity index is 642. The average Bonchev–Trinajstić information content (AvgIpc) is 3.10. The third kappa shape index (κ3) is 3.26. The highest BCUT2D eigenvalue weighted by atomic mass is 19.4. The molecule has 0 atom stereocenters. The molecular weight excluding hydrogens is 279 g/mol. The zero-order valence-electron chi connectivity index (χ0n) is 11.6. The number of aryl methyl sites for hydroxylation is 1. The highest BCUT2D eigenvalue weighted by molar-refractivity contribution is 5.43. The normalized spacial score (nSPS) is 15.4. The van der Waals surface area contributed by atoms with E-state index < -0.39 is 11.7 Å². The molecule has 1 fully saturated rings. The first kappa shape index (κ1) is 14.1. The van der Waals surface area contributed by atoms with E-state index in [1.807, 2.05) is 25.1 Å². The third-order valence-electron chi connectivity index (χ3n) is 3.55. The Morgan fingerprint density at radius 2 is 2.10 bits per heavy atom. The van der Waals surface area contributed by atoms with Gasteiger partial charge >= 0.3 is 6.18 Å². The van der Waals surface area contributed by atoms with Crippen LogP contribution in [0, 0.1) is 6.92 Å². The fourth-order valence-electron chi connectivity index (χ4n) is 2.22. The van der Waals surface area contributed by atoms with Gasteiger partial charge in [0.05, 0.1) is 17.4 Å². The summed E-state index contributed by atoms with van der Waals surface area (Å²) in [6, 6.07) is 6.22. The minimum atomic E-state index is -4.37. The van der Waals surface area contributed by atoms with Crippen LogP contribution in [-0.4, -0.2) is 15.8 Å². The summed E-state index contributed by atoms with van der Waals surface area (Å²) in [5.74, 6) is 0. The smallest absolute Gasteiger partial charge is 0.310 e. The Kier molecular flexibility index (Phi) is 3.49. The minimum absolute atomic E-state index is 0.543. The molecule has 2 aromatic rings. The molecule has 112 valence electrons. The highest BCUT2D eigenvalue weighted by Crippen LogP contribution is 2.29. The average molecular weight is 295 g/mol. The van der Waals surface area contributed by atoms with Crippen LogP contribution in [0.3, 0.4) is 0 Å². The largest absolute Gasteiger partial charge is 0.419 e. The van der Waals surface area contributed by atoms with Crippen molar-refractivity contribution in [3.05, 3.63) is 47.3 Å². The fraction of sp³-hybridized carbons (Fsp3) is 0.400. The van der Waals surface area contributed by atoms with E-state index in [0.717, 1.165) is 23.5 Å². The molecule has 1 N–H and O–H groups in total. The predicted octanol–water partition coefficient (Wildman–Crippen LogP) is 3.45. The molecule has 1 heterocycles. The van der Waals surface area contributed by atoms with Crippen molar-refractivity contribution >= 4 is 0 Å². The SMILES string of the molecule is Cc1ccc(-n2cc(C(F)(F)F)cn2)c(CNC2CC2)c1. The lowest BCUT2D eigenvalue weighted by atomic mass is 10.1. The maximum absolute atomic E-state index is 12.7. The first-order valence-electron chi connectivity index (χ1n) is 6.88. The van der Waals surface area contributed by atoms with Crippen molar-refractivity contribution in [3.8, 4) is 5.69 Å². The molecule has 1 aliphatic carbocycles. The second-order valence-electron chi connectivity index (χ2n) is 5.46. The number of hydrogen-bond donors (Lipinski definition) is 1. The number of nitrogens with zero attached hydrogens (tertiary/aromatic N) is 2. The van der Waals surface area contributed by atoms with Gasteiger partial charge in [-0.1, -0.05) is 17.7 Å². The van der Waals surface area contributed by atoms with Gasteiger partial charge in [0.2, 0.25) is 0 Å². The lowest BCUT2D eigenvalue weighted by Crippen LogP contribution is -2.17. The molecule has 1 aromatic heterocycles. The number of nitrogens with one attached hydrogen (secondary N) is 1. The van der Waals surface area contributed by atoms with Crippen molar-refractivity contribution in [2.75, 3.05) is 0 Å². The first-order chi connectivity index (χ1) is 9.93. The molecule has 0 bridgehead atoms.